The summed E-state index contributed by atoms with van der Waals surface area (Å²) in [6.07, 6.45) is 0. The number of aromatic hydroxyl groups is 1. The average molecular weight is 213 g/mol. The standard InChI is InChI=1S/C10H9ClOS/c1-7-5-8(3-2-4-13)6-9(11)10(7)12/h5-6,12-13H,4H2,1H3. The third kappa shape index (κ3) is 2.58. The maximum atomic E-state index is 9.36. The second-order valence-corrected chi connectivity index (χ2v) is 3.31. The van der Waals surface area contributed by atoms with E-state index < -0.39 is 0 Å². The Morgan fingerprint density at radius 3 is 2.77 bits per heavy atom. The Bertz CT molecular complexity index is 353. The predicted molar refractivity (Wildman–Crippen MR) is 58.6 cm³/mol. The van der Waals surface area contributed by atoms with Gasteiger partial charge in [-0.2, -0.15) is 12.6 Å². The first-order valence-electron chi connectivity index (χ1n) is 3.74. The Hall–Kier alpha value is -0.780. The van der Waals surface area contributed by atoms with Crippen molar-refractivity contribution >= 4 is 24.2 Å². The molecule has 0 atom stereocenters. The lowest BCUT2D eigenvalue weighted by Crippen LogP contribution is -1.81. The Labute approximate surface area is 88.1 Å². The first-order valence-corrected chi connectivity index (χ1v) is 4.75. The summed E-state index contributed by atoms with van der Waals surface area (Å²) in [6, 6.07) is 3.43. The summed E-state index contributed by atoms with van der Waals surface area (Å²) in [4.78, 5) is 0. The van der Waals surface area contributed by atoms with Crippen LogP contribution in [0, 0.1) is 18.8 Å². The van der Waals surface area contributed by atoms with Gasteiger partial charge in [-0.3, -0.25) is 0 Å². The Balaban J connectivity index is 3.13. The van der Waals surface area contributed by atoms with Gasteiger partial charge in [0.15, 0.2) is 0 Å². The number of thiol groups is 1. The van der Waals surface area contributed by atoms with Gasteiger partial charge >= 0.3 is 0 Å². The number of halogens is 1. The Morgan fingerprint density at radius 1 is 1.54 bits per heavy atom. The molecule has 0 fully saturated rings. The van der Waals surface area contributed by atoms with Gasteiger partial charge in [0.05, 0.1) is 10.8 Å². The second-order valence-electron chi connectivity index (χ2n) is 2.58. The molecule has 0 heterocycles. The molecule has 13 heavy (non-hydrogen) atoms. The molecular formula is C10H9ClOS. The zero-order valence-corrected chi connectivity index (χ0v) is 8.78. The fourth-order valence-electron chi connectivity index (χ4n) is 0.950. The number of rotatable bonds is 0. The number of phenols is 1. The van der Waals surface area contributed by atoms with Crippen LogP contribution in [-0.2, 0) is 0 Å². The molecule has 3 heteroatoms. The van der Waals surface area contributed by atoms with Crippen LogP contribution >= 0.6 is 24.2 Å². The van der Waals surface area contributed by atoms with Crippen LogP contribution in [0.25, 0.3) is 0 Å². The minimum absolute atomic E-state index is 0.123. The summed E-state index contributed by atoms with van der Waals surface area (Å²) in [5, 5.41) is 9.70. The lowest BCUT2D eigenvalue weighted by molar-refractivity contribution is 0.471. The molecule has 68 valence electrons. The number of aryl methyl sites for hydroxylation is 1. The molecule has 0 aliphatic carbocycles. The van der Waals surface area contributed by atoms with E-state index in [4.69, 9.17) is 11.6 Å². The number of hydrogen-bond acceptors (Lipinski definition) is 2. The van der Waals surface area contributed by atoms with Crippen LogP contribution in [0.3, 0.4) is 0 Å². The van der Waals surface area contributed by atoms with Gasteiger partial charge in [0, 0.05) is 5.56 Å². The molecule has 0 saturated carbocycles. The summed E-state index contributed by atoms with van der Waals surface area (Å²) in [5.74, 6) is 6.33. The van der Waals surface area contributed by atoms with Gasteiger partial charge in [0.25, 0.3) is 0 Å². The highest BCUT2D eigenvalue weighted by atomic mass is 35.5. The zero-order chi connectivity index (χ0) is 9.84. The van der Waals surface area contributed by atoms with Crippen molar-refractivity contribution in [1.82, 2.24) is 0 Å². The highest BCUT2D eigenvalue weighted by Crippen LogP contribution is 2.27. The lowest BCUT2D eigenvalue weighted by Gasteiger charge is -2.01. The van der Waals surface area contributed by atoms with Gasteiger partial charge in [-0.15, -0.1) is 0 Å². The van der Waals surface area contributed by atoms with Crippen molar-refractivity contribution in [2.24, 2.45) is 0 Å². The minimum atomic E-state index is 0.123. The van der Waals surface area contributed by atoms with Crippen LogP contribution in [-0.4, -0.2) is 10.9 Å². The molecule has 0 bridgehead atoms. The van der Waals surface area contributed by atoms with Gasteiger partial charge in [-0.05, 0) is 24.6 Å². The maximum absolute atomic E-state index is 9.36. The van der Waals surface area contributed by atoms with E-state index in [1.54, 1.807) is 19.1 Å². The molecule has 0 unspecified atom stereocenters. The van der Waals surface area contributed by atoms with Gasteiger partial charge in [-0.1, -0.05) is 23.4 Å². The third-order valence-electron chi connectivity index (χ3n) is 1.57. The van der Waals surface area contributed by atoms with Crippen molar-refractivity contribution in [3.63, 3.8) is 0 Å². The molecule has 0 radical (unpaired) electrons. The van der Waals surface area contributed by atoms with E-state index in [2.05, 4.69) is 24.5 Å². The Kier molecular flexibility index (Phi) is 3.53. The number of hydrogen-bond donors (Lipinski definition) is 2. The quantitative estimate of drug-likeness (QED) is 0.501. The van der Waals surface area contributed by atoms with Crippen molar-refractivity contribution in [1.29, 1.82) is 0 Å². The van der Waals surface area contributed by atoms with E-state index in [-0.39, 0.29) is 5.75 Å². The van der Waals surface area contributed by atoms with Gasteiger partial charge in [0.1, 0.15) is 5.75 Å². The highest BCUT2D eigenvalue weighted by molar-refractivity contribution is 7.80. The molecular weight excluding hydrogens is 204 g/mol. The van der Waals surface area contributed by atoms with E-state index in [1.165, 1.54) is 0 Å². The second kappa shape index (κ2) is 4.45. The Morgan fingerprint density at radius 2 is 2.23 bits per heavy atom. The normalized spacial score (nSPS) is 9.15. The van der Waals surface area contributed by atoms with Crippen LogP contribution in [0.5, 0.6) is 5.75 Å². The summed E-state index contributed by atoms with van der Waals surface area (Å²) in [7, 11) is 0. The van der Waals surface area contributed by atoms with E-state index in [1.807, 2.05) is 0 Å². The fraction of sp³-hybridized carbons (Fsp3) is 0.200. The number of benzene rings is 1. The first-order chi connectivity index (χ1) is 6.15. The van der Waals surface area contributed by atoms with Crippen molar-refractivity contribution in [3.8, 4) is 17.6 Å². The van der Waals surface area contributed by atoms with Crippen molar-refractivity contribution < 1.29 is 5.11 Å². The van der Waals surface area contributed by atoms with E-state index in [0.717, 1.165) is 11.1 Å². The maximum Gasteiger partial charge on any atom is 0.137 e. The molecule has 0 saturated heterocycles. The van der Waals surface area contributed by atoms with Gasteiger partial charge < -0.3 is 5.11 Å². The predicted octanol–water partition coefficient (Wildman–Crippen LogP) is 2.64. The SMILES string of the molecule is Cc1cc(C#CCS)cc(Cl)c1O. The molecule has 1 N–H and O–H groups in total. The monoisotopic (exact) mass is 212 g/mol. The van der Waals surface area contributed by atoms with Gasteiger partial charge in [-0.25, -0.2) is 0 Å². The first kappa shape index (κ1) is 10.3. The van der Waals surface area contributed by atoms with E-state index in [0.29, 0.717) is 10.8 Å². The minimum Gasteiger partial charge on any atom is -0.506 e. The van der Waals surface area contributed by atoms with Crippen molar-refractivity contribution in [2.75, 3.05) is 5.75 Å². The molecule has 1 rings (SSSR count). The van der Waals surface area contributed by atoms with Gasteiger partial charge in [0.2, 0.25) is 0 Å². The molecule has 0 aromatic heterocycles. The molecule has 0 spiro atoms. The molecule has 1 aromatic carbocycles. The van der Waals surface area contributed by atoms with E-state index in [9.17, 15) is 5.11 Å². The molecule has 0 aliphatic heterocycles. The van der Waals surface area contributed by atoms with Crippen LogP contribution in [0.15, 0.2) is 12.1 Å². The summed E-state index contributed by atoms with van der Waals surface area (Å²) >= 11 is 9.73. The van der Waals surface area contributed by atoms with Crippen LogP contribution in [0.1, 0.15) is 11.1 Å². The third-order valence-corrected chi connectivity index (χ3v) is 2.01. The largest absolute Gasteiger partial charge is 0.506 e. The number of phenolic OH excluding ortho intramolecular Hbond substituents is 1. The molecule has 0 amide bonds. The molecule has 1 nitrogen and oxygen atoms in total. The molecule has 0 aliphatic rings. The summed E-state index contributed by atoms with van der Waals surface area (Å²) in [5.41, 5.74) is 1.53. The molecule has 1 aromatic rings. The zero-order valence-electron chi connectivity index (χ0n) is 7.13. The topological polar surface area (TPSA) is 20.2 Å². The summed E-state index contributed by atoms with van der Waals surface area (Å²) < 4.78 is 0. The fourth-order valence-corrected chi connectivity index (χ4v) is 1.30. The van der Waals surface area contributed by atoms with Crippen LogP contribution < -0.4 is 0 Å². The van der Waals surface area contributed by atoms with Crippen molar-refractivity contribution in [2.45, 2.75) is 6.92 Å². The van der Waals surface area contributed by atoms with Crippen LogP contribution in [0.2, 0.25) is 5.02 Å². The van der Waals surface area contributed by atoms with Crippen LogP contribution in [0.4, 0.5) is 0 Å². The average Bonchev–Trinajstić information content (AvgIpc) is 2.10. The highest BCUT2D eigenvalue weighted by Gasteiger charge is 2.02. The summed E-state index contributed by atoms with van der Waals surface area (Å²) in [6.45, 7) is 1.78. The smallest absolute Gasteiger partial charge is 0.137 e. The van der Waals surface area contributed by atoms with Crippen molar-refractivity contribution in [3.05, 3.63) is 28.3 Å². The van der Waals surface area contributed by atoms with E-state index >= 15 is 0 Å². The lowest BCUT2D eigenvalue weighted by atomic mass is 10.1.